The lowest BCUT2D eigenvalue weighted by atomic mass is 10.2. The van der Waals surface area contributed by atoms with Gasteiger partial charge in [0.15, 0.2) is 5.43 Å². The highest BCUT2D eigenvalue weighted by molar-refractivity contribution is 7.87. The summed E-state index contributed by atoms with van der Waals surface area (Å²) in [4.78, 5) is 22.8. The van der Waals surface area contributed by atoms with Gasteiger partial charge in [-0.25, -0.2) is 9.86 Å². The second-order valence-electron chi connectivity index (χ2n) is 3.13. The van der Waals surface area contributed by atoms with Gasteiger partial charge in [0.2, 0.25) is 0 Å². The molecule has 0 radical (unpaired) electrons. The Balaban J connectivity index is 3.25. The van der Waals surface area contributed by atoms with Crippen LogP contribution < -0.4 is 15.3 Å². The predicted octanol–water partition coefficient (Wildman–Crippen LogP) is -0.810. The van der Waals surface area contributed by atoms with Crippen LogP contribution in [0.25, 0.3) is 0 Å². The van der Waals surface area contributed by atoms with Crippen molar-refractivity contribution in [2.75, 3.05) is 0 Å². The molecular weight excluding hydrogens is 236 g/mol. The summed E-state index contributed by atoms with van der Waals surface area (Å²) in [5.74, 6) is -0.741. The van der Waals surface area contributed by atoms with Gasteiger partial charge >= 0.3 is 0 Å². The molecule has 0 saturated heterocycles. The Morgan fingerprint density at radius 3 is 2.44 bits per heavy atom. The van der Waals surface area contributed by atoms with E-state index in [1.54, 1.807) is 0 Å². The molecule has 88 valence electrons. The largest absolute Gasteiger partial charge is 0.466 e. The first-order valence-electron chi connectivity index (χ1n) is 4.17. The van der Waals surface area contributed by atoms with E-state index in [0.717, 1.165) is 6.07 Å². The second kappa shape index (κ2) is 4.06. The number of carbonyl (C=O) groups excluding carboxylic acids is 1. The highest BCUT2D eigenvalue weighted by Gasteiger charge is 2.19. The van der Waals surface area contributed by atoms with E-state index in [2.05, 4.69) is 5.14 Å². The van der Waals surface area contributed by atoms with Crippen molar-refractivity contribution >= 4 is 16.1 Å². The molecule has 0 aliphatic heterocycles. The van der Waals surface area contributed by atoms with E-state index < -0.39 is 21.5 Å². The summed E-state index contributed by atoms with van der Waals surface area (Å²) in [6.07, 6.45) is 0. The first-order valence-corrected chi connectivity index (χ1v) is 5.71. The fraction of sp³-hybridized carbons (Fsp3) is 0.250. The van der Waals surface area contributed by atoms with E-state index in [1.807, 2.05) is 0 Å². The summed E-state index contributed by atoms with van der Waals surface area (Å²) in [6, 6.07) is 1.09. The highest BCUT2D eigenvalue weighted by atomic mass is 32.2. The van der Waals surface area contributed by atoms with E-state index in [4.69, 9.17) is 4.42 Å². The van der Waals surface area contributed by atoms with Gasteiger partial charge in [-0.1, -0.05) is 0 Å². The first kappa shape index (κ1) is 12.4. The van der Waals surface area contributed by atoms with E-state index in [9.17, 15) is 18.0 Å². The zero-order valence-electron chi connectivity index (χ0n) is 8.60. The Bertz CT molecular complexity index is 587. The van der Waals surface area contributed by atoms with Gasteiger partial charge in [0.1, 0.15) is 17.1 Å². The van der Waals surface area contributed by atoms with Crippen LogP contribution in [0.1, 0.15) is 21.9 Å². The van der Waals surface area contributed by atoms with Gasteiger partial charge in [-0.05, 0) is 13.8 Å². The molecule has 0 unspecified atom stereocenters. The van der Waals surface area contributed by atoms with Gasteiger partial charge in [0, 0.05) is 6.07 Å². The van der Waals surface area contributed by atoms with Crippen molar-refractivity contribution < 1.29 is 17.6 Å². The van der Waals surface area contributed by atoms with Crippen LogP contribution in [0.5, 0.6) is 0 Å². The Labute approximate surface area is 91.4 Å². The van der Waals surface area contributed by atoms with Gasteiger partial charge in [-0.2, -0.15) is 8.42 Å². The third-order valence-electron chi connectivity index (χ3n) is 1.71. The minimum atomic E-state index is -4.20. The third kappa shape index (κ3) is 2.91. The van der Waals surface area contributed by atoms with E-state index in [-0.39, 0.29) is 11.3 Å². The Kier molecular flexibility index (Phi) is 3.15. The van der Waals surface area contributed by atoms with Crippen molar-refractivity contribution in [2.45, 2.75) is 13.8 Å². The lowest BCUT2D eigenvalue weighted by molar-refractivity contribution is 0.0977. The average Bonchev–Trinajstić information content (AvgIpc) is 1.96. The maximum atomic E-state index is 11.4. The van der Waals surface area contributed by atoms with Crippen molar-refractivity contribution in [2.24, 2.45) is 5.14 Å². The average molecular weight is 246 g/mol. The molecule has 0 aliphatic carbocycles. The van der Waals surface area contributed by atoms with E-state index >= 15 is 0 Å². The van der Waals surface area contributed by atoms with Crippen LogP contribution in [0, 0.1) is 13.8 Å². The van der Waals surface area contributed by atoms with Crippen LogP contribution in [0.4, 0.5) is 0 Å². The van der Waals surface area contributed by atoms with Crippen LogP contribution in [0.2, 0.25) is 0 Å². The van der Waals surface area contributed by atoms with Crippen molar-refractivity contribution in [1.82, 2.24) is 4.72 Å². The minimum Gasteiger partial charge on any atom is -0.466 e. The van der Waals surface area contributed by atoms with Crippen molar-refractivity contribution in [1.29, 1.82) is 0 Å². The maximum Gasteiger partial charge on any atom is 0.298 e. The quantitative estimate of drug-likeness (QED) is 0.707. The van der Waals surface area contributed by atoms with Crippen molar-refractivity contribution in [3.8, 4) is 0 Å². The standard InChI is InChI=1S/C8H10N2O5S/c1-4-3-6(11)7(5(2)15-4)8(12)10-16(9,13)14/h3H,1-2H3,(H,10,12)(H2,9,13,14). The predicted molar refractivity (Wildman–Crippen MR) is 55.0 cm³/mol. The zero-order valence-corrected chi connectivity index (χ0v) is 9.42. The summed E-state index contributed by atoms with van der Waals surface area (Å²) in [5.41, 5.74) is -0.998. The maximum absolute atomic E-state index is 11.4. The fourth-order valence-electron chi connectivity index (χ4n) is 1.20. The van der Waals surface area contributed by atoms with Crippen LogP contribution in [-0.4, -0.2) is 14.3 Å². The molecule has 16 heavy (non-hydrogen) atoms. The number of rotatable bonds is 2. The molecule has 0 spiro atoms. The van der Waals surface area contributed by atoms with Crippen molar-refractivity contribution in [3.05, 3.63) is 33.4 Å². The summed E-state index contributed by atoms with van der Waals surface area (Å²) in [7, 11) is -4.20. The second-order valence-corrected chi connectivity index (χ2v) is 4.42. The molecule has 7 nitrogen and oxygen atoms in total. The van der Waals surface area contributed by atoms with Crippen LogP contribution >= 0.6 is 0 Å². The smallest absolute Gasteiger partial charge is 0.298 e. The van der Waals surface area contributed by atoms with Gasteiger partial charge in [0.05, 0.1) is 0 Å². The van der Waals surface area contributed by atoms with E-state index in [1.165, 1.54) is 18.6 Å². The number of hydrogen-bond acceptors (Lipinski definition) is 5. The monoisotopic (exact) mass is 246 g/mol. The highest BCUT2D eigenvalue weighted by Crippen LogP contribution is 2.05. The van der Waals surface area contributed by atoms with Gasteiger partial charge < -0.3 is 4.42 Å². The number of aryl methyl sites for hydroxylation is 2. The molecule has 0 aliphatic rings. The number of amides is 1. The summed E-state index contributed by atoms with van der Waals surface area (Å²) < 4.78 is 27.8. The molecule has 0 saturated carbocycles. The minimum absolute atomic E-state index is 0.0335. The molecule has 1 heterocycles. The first-order chi connectivity index (χ1) is 7.20. The Hall–Kier alpha value is -1.67. The molecule has 1 aromatic heterocycles. The summed E-state index contributed by atoms with van der Waals surface area (Å²) in [5, 5.41) is 4.61. The number of nitrogens with two attached hydrogens (primary N) is 1. The van der Waals surface area contributed by atoms with E-state index in [0.29, 0.717) is 5.76 Å². The molecule has 8 heteroatoms. The van der Waals surface area contributed by atoms with Gasteiger partial charge in [-0.15, -0.1) is 0 Å². The molecule has 0 bridgehead atoms. The molecule has 1 aromatic rings. The van der Waals surface area contributed by atoms with Gasteiger partial charge in [-0.3, -0.25) is 9.59 Å². The lowest BCUT2D eigenvalue weighted by Crippen LogP contribution is -2.38. The van der Waals surface area contributed by atoms with Crippen molar-refractivity contribution in [3.63, 3.8) is 0 Å². The molecular formula is C8H10N2O5S. The molecule has 0 atom stereocenters. The third-order valence-corrected chi connectivity index (χ3v) is 2.18. The molecule has 1 rings (SSSR count). The summed E-state index contributed by atoms with van der Waals surface area (Å²) in [6.45, 7) is 2.92. The zero-order chi connectivity index (χ0) is 12.5. The number of carbonyl (C=O) groups is 1. The molecule has 1 amide bonds. The van der Waals surface area contributed by atoms with Crippen LogP contribution in [-0.2, 0) is 10.2 Å². The molecule has 0 fully saturated rings. The lowest BCUT2D eigenvalue weighted by Gasteiger charge is -2.04. The topological polar surface area (TPSA) is 119 Å². The Morgan fingerprint density at radius 1 is 1.44 bits per heavy atom. The van der Waals surface area contributed by atoms with Crippen LogP contribution in [0.3, 0.4) is 0 Å². The van der Waals surface area contributed by atoms with Gasteiger partial charge in [0.25, 0.3) is 16.1 Å². The SMILES string of the molecule is Cc1cc(=O)c(C(=O)NS(N)(=O)=O)c(C)o1. The number of hydrogen-bond donors (Lipinski definition) is 2. The molecule has 0 aromatic carbocycles. The normalized spacial score (nSPS) is 11.2. The summed E-state index contributed by atoms with van der Waals surface area (Å²) >= 11 is 0. The van der Waals surface area contributed by atoms with Crippen LogP contribution in [0.15, 0.2) is 15.3 Å². The number of nitrogens with one attached hydrogen (secondary N) is 1. The Morgan fingerprint density at radius 2 is 2.00 bits per heavy atom. The molecule has 3 N–H and O–H groups in total. The fourth-order valence-corrected chi connectivity index (χ4v) is 1.56.